The lowest BCUT2D eigenvalue weighted by molar-refractivity contribution is -0.118. The van der Waals surface area contributed by atoms with Crippen LogP contribution in [0.2, 0.25) is 0 Å². The maximum atomic E-state index is 11.9. The molecule has 1 aliphatic carbocycles. The Kier molecular flexibility index (Phi) is 3.64. The van der Waals surface area contributed by atoms with Crippen molar-refractivity contribution >= 4 is 5.91 Å². The summed E-state index contributed by atoms with van der Waals surface area (Å²) in [5.41, 5.74) is 2.18. The predicted molar refractivity (Wildman–Crippen MR) is 65.1 cm³/mol. The standard InChI is InChI=1S/C13H22N2O/c1-9(12-7-14-8-12)13(16)15-10(2)11-5-3-4-6-11/h10-11,14H,3-8H2,1-2H3,(H,15,16). The van der Waals surface area contributed by atoms with Gasteiger partial charge in [0, 0.05) is 24.7 Å². The van der Waals surface area contributed by atoms with E-state index in [1.54, 1.807) is 0 Å². The van der Waals surface area contributed by atoms with Crippen LogP contribution in [0, 0.1) is 5.92 Å². The van der Waals surface area contributed by atoms with Crippen LogP contribution in [-0.4, -0.2) is 25.0 Å². The SMILES string of the molecule is CC(C(=O)NC(C)C1CCCC1)=C1CNC1. The number of rotatable bonds is 3. The molecule has 2 fully saturated rings. The molecule has 2 aliphatic rings. The molecular weight excluding hydrogens is 200 g/mol. The normalized spacial score (nSPS) is 22.8. The van der Waals surface area contributed by atoms with Gasteiger partial charge in [0.05, 0.1) is 0 Å². The molecule has 0 aromatic heterocycles. The quantitative estimate of drug-likeness (QED) is 0.712. The van der Waals surface area contributed by atoms with Crippen molar-refractivity contribution in [1.29, 1.82) is 0 Å². The van der Waals surface area contributed by atoms with Crippen LogP contribution < -0.4 is 10.6 Å². The van der Waals surface area contributed by atoms with E-state index in [1.165, 1.54) is 31.3 Å². The average Bonchev–Trinajstić information content (AvgIpc) is 2.67. The highest BCUT2D eigenvalue weighted by molar-refractivity contribution is 5.94. The van der Waals surface area contributed by atoms with E-state index in [0.717, 1.165) is 18.7 Å². The summed E-state index contributed by atoms with van der Waals surface area (Å²) in [5.74, 6) is 0.831. The molecule has 3 nitrogen and oxygen atoms in total. The zero-order valence-electron chi connectivity index (χ0n) is 10.3. The lowest BCUT2D eigenvalue weighted by Gasteiger charge is -2.24. The molecule has 0 aromatic rings. The summed E-state index contributed by atoms with van der Waals surface area (Å²) in [6.45, 7) is 5.85. The van der Waals surface area contributed by atoms with Crippen molar-refractivity contribution in [3.05, 3.63) is 11.1 Å². The van der Waals surface area contributed by atoms with E-state index in [2.05, 4.69) is 17.6 Å². The van der Waals surface area contributed by atoms with Gasteiger partial charge in [-0.05, 0) is 38.2 Å². The van der Waals surface area contributed by atoms with Crippen LogP contribution in [-0.2, 0) is 4.79 Å². The van der Waals surface area contributed by atoms with Crippen LogP contribution in [0.5, 0.6) is 0 Å². The van der Waals surface area contributed by atoms with Crippen LogP contribution in [0.3, 0.4) is 0 Å². The number of nitrogens with one attached hydrogen (secondary N) is 2. The van der Waals surface area contributed by atoms with Gasteiger partial charge in [0.1, 0.15) is 0 Å². The first-order valence-electron chi connectivity index (χ1n) is 6.38. The van der Waals surface area contributed by atoms with Crippen molar-refractivity contribution < 1.29 is 4.79 Å². The van der Waals surface area contributed by atoms with Gasteiger partial charge < -0.3 is 10.6 Å². The summed E-state index contributed by atoms with van der Waals surface area (Å²) in [5, 5.41) is 6.31. The van der Waals surface area contributed by atoms with E-state index in [9.17, 15) is 4.79 Å². The van der Waals surface area contributed by atoms with Crippen LogP contribution in [0.25, 0.3) is 0 Å². The summed E-state index contributed by atoms with van der Waals surface area (Å²) >= 11 is 0. The molecule has 3 heteroatoms. The molecule has 1 aliphatic heterocycles. The van der Waals surface area contributed by atoms with Crippen molar-refractivity contribution in [3.8, 4) is 0 Å². The Bertz CT molecular complexity index is 297. The van der Waals surface area contributed by atoms with Gasteiger partial charge in [-0.2, -0.15) is 0 Å². The van der Waals surface area contributed by atoms with Gasteiger partial charge in [-0.15, -0.1) is 0 Å². The summed E-state index contributed by atoms with van der Waals surface area (Å²) < 4.78 is 0. The maximum Gasteiger partial charge on any atom is 0.247 e. The molecule has 0 aromatic carbocycles. The minimum Gasteiger partial charge on any atom is -0.350 e. The Balaban J connectivity index is 1.86. The fraction of sp³-hybridized carbons (Fsp3) is 0.769. The highest BCUT2D eigenvalue weighted by atomic mass is 16.1. The number of hydrogen-bond donors (Lipinski definition) is 2. The third-order valence-electron chi connectivity index (χ3n) is 4.01. The van der Waals surface area contributed by atoms with Crippen molar-refractivity contribution in [2.24, 2.45) is 5.92 Å². The fourth-order valence-corrected chi connectivity index (χ4v) is 2.57. The molecular formula is C13H22N2O. The van der Waals surface area contributed by atoms with Gasteiger partial charge in [0.2, 0.25) is 5.91 Å². The molecule has 1 saturated carbocycles. The largest absolute Gasteiger partial charge is 0.350 e. The van der Waals surface area contributed by atoms with E-state index in [4.69, 9.17) is 0 Å². The molecule has 1 saturated heterocycles. The van der Waals surface area contributed by atoms with Crippen molar-refractivity contribution in [2.45, 2.75) is 45.6 Å². The smallest absolute Gasteiger partial charge is 0.247 e. The van der Waals surface area contributed by atoms with Crippen molar-refractivity contribution in [3.63, 3.8) is 0 Å². The number of hydrogen-bond acceptors (Lipinski definition) is 2. The molecule has 2 N–H and O–H groups in total. The lowest BCUT2D eigenvalue weighted by Crippen LogP contribution is -2.41. The summed E-state index contributed by atoms with van der Waals surface area (Å²) in [7, 11) is 0. The highest BCUT2D eigenvalue weighted by Crippen LogP contribution is 2.27. The number of carbonyl (C=O) groups is 1. The topological polar surface area (TPSA) is 41.1 Å². The van der Waals surface area contributed by atoms with Gasteiger partial charge in [0.25, 0.3) is 0 Å². The molecule has 1 heterocycles. The van der Waals surface area contributed by atoms with E-state index in [0.29, 0.717) is 12.0 Å². The van der Waals surface area contributed by atoms with Crippen LogP contribution in [0.15, 0.2) is 11.1 Å². The Morgan fingerprint density at radius 2 is 2.00 bits per heavy atom. The molecule has 0 radical (unpaired) electrons. The van der Waals surface area contributed by atoms with Crippen LogP contribution >= 0.6 is 0 Å². The van der Waals surface area contributed by atoms with Gasteiger partial charge in [-0.1, -0.05) is 12.8 Å². The molecule has 2 rings (SSSR count). The second kappa shape index (κ2) is 5.00. The third kappa shape index (κ3) is 2.46. The van der Waals surface area contributed by atoms with E-state index < -0.39 is 0 Å². The Hall–Kier alpha value is -0.830. The molecule has 90 valence electrons. The molecule has 1 atom stereocenters. The van der Waals surface area contributed by atoms with E-state index in [-0.39, 0.29) is 5.91 Å². The maximum absolute atomic E-state index is 11.9. The average molecular weight is 222 g/mol. The van der Waals surface area contributed by atoms with Gasteiger partial charge in [-0.25, -0.2) is 0 Å². The zero-order valence-corrected chi connectivity index (χ0v) is 10.3. The summed E-state index contributed by atoms with van der Waals surface area (Å²) in [6, 6.07) is 0.332. The highest BCUT2D eigenvalue weighted by Gasteiger charge is 2.24. The van der Waals surface area contributed by atoms with E-state index in [1.807, 2.05) is 6.92 Å². The first-order valence-corrected chi connectivity index (χ1v) is 6.38. The second-order valence-corrected chi connectivity index (χ2v) is 5.14. The number of amides is 1. The van der Waals surface area contributed by atoms with E-state index >= 15 is 0 Å². The minimum atomic E-state index is 0.135. The van der Waals surface area contributed by atoms with Crippen LogP contribution in [0.1, 0.15) is 39.5 Å². The number of carbonyl (C=O) groups excluding carboxylic acids is 1. The predicted octanol–water partition coefficient (Wildman–Crippen LogP) is 1.60. The van der Waals surface area contributed by atoms with Crippen molar-refractivity contribution in [2.75, 3.05) is 13.1 Å². The molecule has 0 spiro atoms. The summed E-state index contributed by atoms with van der Waals surface area (Å²) in [4.78, 5) is 11.9. The van der Waals surface area contributed by atoms with Crippen molar-refractivity contribution in [1.82, 2.24) is 10.6 Å². The minimum absolute atomic E-state index is 0.135. The van der Waals surface area contributed by atoms with Crippen LogP contribution in [0.4, 0.5) is 0 Å². The molecule has 0 bridgehead atoms. The lowest BCUT2D eigenvalue weighted by atomic mass is 9.98. The monoisotopic (exact) mass is 222 g/mol. The molecule has 1 unspecified atom stereocenters. The summed E-state index contributed by atoms with van der Waals surface area (Å²) in [6.07, 6.45) is 5.21. The Morgan fingerprint density at radius 3 is 2.50 bits per heavy atom. The first kappa shape index (κ1) is 11.6. The third-order valence-corrected chi connectivity index (χ3v) is 4.01. The molecule has 16 heavy (non-hydrogen) atoms. The van der Waals surface area contributed by atoms with Gasteiger partial charge in [-0.3, -0.25) is 4.79 Å². The zero-order chi connectivity index (χ0) is 11.5. The van der Waals surface area contributed by atoms with Gasteiger partial charge in [0.15, 0.2) is 0 Å². The Morgan fingerprint density at radius 1 is 1.38 bits per heavy atom. The first-order chi connectivity index (χ1) is 7.68. The Labute approximate surface area is 97.7 Å². The second-order valence-electron chi connectivity index (χ2n) is 5.14. The van der Waals surface area contributed by atoms with Gasteiger partial charge >= 0.3 is 0 Å². The fourth-order valence-electron chi connectivity index (χ4n) is 2.57. The molecule has 1 amide bonds.